The molecule has 2 rings (SSSR count). The highest BCUT2D eigenvalue weighted by atomic mass is 35.5. The van der Waals surface area contributed by atoms with Crippen molar-refractivity contribution in [2.45, 2.75) is 0 Å². The van der Waals surface area contributed by atoms with Crippen molar-refractivity contribution >= 4 is 23.2 Å². The summed E-state index contributed by atoms with van der Waals surface area (Å²) in [4.78, 5) is 0. The molecule has 2 aromatic rings. The number of rotatable bonds is 1. The number of halogens is 3. The molecule has 0 aliphatic rings. The Morgan fingerprint density at radius 1 is 1.00 bits per heavy atom. The predicted molar refractivity (Wildman–Crippen MR) is 63.5 cm³/mol. The van der Waals surface area contributed by atoms with E-state index in [1.54, 1.807) is 18.2 Å². The lowest BCUT2D eigenvalue weighted by Gasteiger charge is -2.08. The Labute approximate surface area is 102 Å². The van der Waals surface area contributed by atoms with Gasteiger partial charge in [0.15, 0.2) is 0 Å². The van der Waals surface area contributed by atoms with Gasteiger partial charge in [0.1, 0.15) is 11.6 Å². The van der Waals surface area contributed by atoms with Crippen LogP contribution >= 0.6 is 23.2 Å². The summed E-state index contributed by atoms with van der Waals surface area (Å²) in [7, 11) is 0. The molecule has 1 N–H and O–H groups in total. The first-order chi connectivity index (χ1) is 7.59. The average molecular weight is 257 g/mol. The summed E-state index contributed by atoms with van der Waals surface area (Å²) in [5, 5.41) is 10.5. The fourth-order valence-corrected chi connectivity index (χ4v) is 2.07. The van der Waals surface area contributed by atoms with Crippen molar-refractivity contribution in [2.75, 3.05) is 0 Å². The van der Waals surface area contributed by atoms with Crippen molar-refractivity contribution in [2.24, 2.45) is 0 Å². The molecule has 0 aliphatic heterocycles. The Bertz CT molecular complexity index is 520. The molecule has 0 saturated carbocycles. The van der Waals surface area contributed by atoms with E-state index in [4.69, 9.17) is 23.2 Å². The molecule has 82 valence electrons. The van der Waals surface area contributed by atoms with Gasteiger partial charge < -0.3 is 5.11 Å². The van der Waals surface area contributed by atoms with Gasteiger partial charge in [-0.1, -0.05) is 29.3 Å². The van der Waals surface area contributed by atoms with Gasteiger partial charge in [-0.25, -0.2) is 4.39 Å². The van der Waals surface area contributed by atoms with Crippen LogP contribution in [0.5, 0.6) is 5.75 Å². The average Bonchev–Trinajstić information content (AvgIpc) is 2.20. The molecule has 0 fully saturated rings. The van der Waals surface area contributed by atoms with E-state index in [1.165, 1.54) is 12.1 Å². The Balaban J connectivity index is 2.68. The molecule has 0 radical (unpaired) electrons. The van der Waals surface area contributed by atoms with E-state index in [2.05, 4.69) is 0 Å². The Kier molecular flexibility index (Phi) is 3.03. The molecule has 4 heteroatoms. The first kappa shape index (κ1) is 11.2. The third-order valence-electron chi connectivity index (χ3n) is 2.19. The summed E-state index contributed by atoms with van der Waals surface area (Å²) >= 11 is 12.0. The molecule has 0 amide bonds. The van der Waals surface area contributed by atoms with Gasteiger partial charge in [0.05, 0.1) is 10.0 Å². The van der Waals surface area contributed by atoms with Gasteiger partial charge in [-0.2, -0.15) is 0 Å². The van der Waals surface area contributed by atoms with E-state index < -0.39 is 5.82 Å². The second kappa shape index (κ2) is 4.32. The SMILES string of the molecule is Oc1cc(F)ccc1-c1c(Cl)cccc1Cl. The van der Waals surface area contributed by atoms with E-state index in [0.29, 0.717) is 21.2 Å². The van der Waals surface area contributed by atoms with Crippen LogP contribution in [0.1, 0.15) is 0 Å². The molecule has 0 aliphatic carbocycles. The third kappa shape index (κ3) is 1.99. The van der Waals surface area contributed by atoms with E-state index in [1.807, 2.05) is 0 Å². The fraction of sp³-hybridized carbons (Fsp3) is 0. The molecular formula is C12H7Cl2FO. The van der Waals surface area contributed by atoms with E-state index in [9.17, 15) is 9.50 Å². The minimum Gasteiger partial charge on any atom is -0.507 e. The van der Waals surface area contributed by atoms with E-state index in [-0.39, 0.29) is 5.75 Å². The molecule has 16 heavy (non-hydrogen) atoms. The summed E-state index contributed by atoms with van der Waals surface area (Å²) < 4.78 is 12.8. The summed E-state index contributed by atoms with van der Waals surface area (Å²) in [6.45, 7) is 0. The van der Waals surface area contributed by atoms with Gasteiger partial charge in [-0.05, 0) is 24.3 Å². The molecule has 0 atom stereocenters. The monoisotopic (exact) mass is 256 g/mol. The summed E-state index contributed by atoms with van der Waals surface area (Å²) in [5.41, 5.74) is 0.917. The maximum atomic E-state index is 12.8. The smallest absolute Gasteiger partial charge is 0.126 e. The highest BCUT2D eigenvalue weighted by Gasteiger charge is 2.12. The Morgan fingerprint density at radius 2 is 1.62 bits per heavy atom. The van der Waals surface area contributed by atoms with Crippen molar-refractivity contribution in [1.29, 1.82) is 0 Å². The number of aromatic hydroxyl groups is 1. The fourth-order valence-electron chi connectivity index (χ4n) is 1.47. The highest BCUT2D eigenvalue weighted by molar-refractivity contribution is 6.39. The van der Waals surface area contributed by atoms with Gasteiger partial charge in [0, 0.05) is 17.2 Å². The van der Waals surface area contributed by atoms with Crippen LogP contribution in [0.25, 0.3) is 11.1 Å². The van der Waals surface area contributed by atoms with Gasteiger partial charge >= 0.3 is 0 Å². The third-order valence-corrected chi connectivity index (χ3v) is 2.82. The van der Waals surface area contributed by atoms with Gasteiger partial charge in [-0.15, -0.1) is 0 Å². The lowest BCUT2D eigenvalue weighted by Crippen LogP contribution is -1.84. The van der Waals surface area contributed by atoms with Crippen LogP contribution < -0.4 is 0 Å². The second-order valence-electron chi connectivity index (χ2n) is 3.26. The van der Waals surface area contributed by atoms with Crippen molar-refractivity contribution in [3.05, 3.63) is 52.3 Å². The molecular weight excluding hydrogens is 250 g/mol. The summed E-state index contributed by atoms with van der Waals surface area (Å²) in [5.74, 6) is -0.695. The van der Waals surface area contributed by atoms with Crippen LogP contribution in [0.15, 0.2) is 36.4 Å². The standard InChI is InChI=1S/C12H7Cl2FO/c13-9-2-1-3-10(14)12(9)8-5-4-7(15)6-11(8)16/h1-6,16H. The molecule has 0 unspecified atom stereocenters. The minimum atomic E-state index is -0.510. The van der Waals surface area contributed by atoms with Crippen molar-refractivity contribution < 1.29 is 9.50 Å². The molecule has 1 nitrogen and oxygen atoms in total. The number of hydrogen-bond donors (Lipinski definition) is 1. The molecule has 2 aromatic carbocycles. The van der Waals surface area contributed by atoms with Crippen LogP contribution in [0.4, 0.5) is 4.39 Å². The van der Waals surface area contributed by atoms with E-state index in [0.717, 1.165) is 6.07 Å². The maximum absolute atomic E-state index is 12.8. The quantitative estimate of drug-likeness (QED) is 0.797. The first-order valence-corrected chi connectivity index (χ1v) is 5.28. The van der Waals surface area contributed by atoms with Crippen LogP contribution in [-0.2, 0) is 0 Å². The largest absolute Gasteiger partial charge is 0.507 e. The summed E-state index contributed by atoms with van der Waals surface area (Å²) in [6, 6.07) is 8.73. The van der Waals surface area contributed by atoms with Crippen LogP contribution in [0, 0.1) is 5.82 Å². The minimum absolute atomic E-state index is 0.185. The van der Waals surface area contributed by atoms with Crippen molar-refractivity contribution in [1.82, 2.24) is 0 Å². The highest BCUT2D eigenvalue weighted by Crippen LogP contribution is 2.39. The first-order valence-electron chi connectivity index (χ1n) is 4.52. The lowest BCUT2D eigenvalue weighted by atomic mass is 10.0. The predicted octanol–water partition coefficient (Wildman–Crippen LogP) is 4.51. The number of benzene rings is 2. The van der Waals surface area contributed by atoms with Crippen LogP contribution in [0.3, 0.4) is 0 Å². The lowest BCUT2D eigenvalue weighted by molar-refractivity contribution is 0.471. The normalized spacial score (nSPS) is 10.4. The zero-order valence-electron chi connectivity index (χ0n) is 8.05. The number of phenolic OH excluding ortho intramolecular Hbond substituents is 1. The molecule has 0 spiro atoms. The summed E-state index contributed by atoms with van der Waals surface area (Å²) in [6.07, 6.45) is 0. The van der Waals surface area contributed by atoms with Crippen molar-refractivity contribution in [3.63, 3.8) is 0 Å². The number of hydrogen-bond acceptors (Lipinski definition) is 1. The van der Waals surface area contributed by atoms with Gasteiger partial charge in [-0.3, -0.25) is 0 Å². The van der Waals surface area contributed by atoms with Gasteiger partial charge in [0.25, 0.3) is 0 Å². The number of phenols is 1. The van der Waals surface area contributed by atoms with Crippen LogP contribution in [-0.4, -0.2) is 5.11 Å². The van der Waals surface area contributed by atoms with Crippen molar-refractivity contribution in [3.8, 4) is 16.9 Å². The Morgan fingerprint density at radius 3 is 2.19 bits per heavy atom. The molecule has 0 saturated heterocycles. The maximum Gasteiger partial charge on any atom is 0.126 e. The van der Waals surface area contributed by atoms with E-state index >= 15 is 0 Å². The molecule has 0 bridgehead atoms. The topological polar surface area (TPSA) is 20.2 Å². The molecule has 0 aromatic heterocycles. The van der Waals surface area contributed by atoms with Gasteiger partial charge in [0.2, 0.25) is 0 Å². The molecule has 0 heterocycles. The van der Waals surface area contributed by atoms with Crippen LogP contribution in [0.2, 0.25) is 10.0 Å². The second-order valence-corrected chi connectivity index (χ2v) is 4.07. The zero-order valence-corrected chi connectivity index (χ0v) is 9.56. The zero-order chi connectivity index (χ0) is 11.7. The Hall–Kier alpha value is -1.25.